The fourth-order valence-electron chi connectivity index (χ4n) is 1.34. The summed E-state index contributed by atoms with van der Waals surface area (Å²) in [5.41, 5.74) is 0.743. The average Bonchev–Trinajstić information content (AvgIpc) is 2.36. The lowest BCUT2D eigenvalue weighted by atomic mass is 10.3. The van der Waals surface area contributed by atoms with Crippen molar-refractivity contribution in [2.75, 3.05) is 13.2 Å². The van der Waals surface area contributed by atoms with Crippen LogP contribution in [0.4, 0.5) is 0 Å². The summed E-state index contributed by atoms with van der Waals surface area (Å²) in [4.78, 5) is 28.5. The minimum atomic E-state index is -0.815. The van der Waals surface area contributed by atoms with Crippen LogP contribution in [0.2, 0.25) is 0 Å². The van der Waals surface area contributed by atoms with Crippen molar-refractivity contribution in [2.24, 2.45) is 0 Å². The molecule has 0 saturated heterocycles. The summed E-state index contributed by atoms with van der Waals surface area (Å²) in [6.07, 6.45) is 1.65. The third-order valence-electron chi connectivity index (χ3n) is 2.20. The normalized spacial score (nSPS) is 9.76. The standard InChI is InChI=1S/C12H16N2O3/c1-3-14(11(15)12(16)17-4-2)9-10-7-5-6-8-13-10/h5-8H,3-4,9H2,1-2H3. The van der Waals surface area contributed by atoms with Gasteiger partial charge < -0.3 is 9.64 Å². The highest BCUT2D eigenvalue weighted by Gasteiger charge is 2.22. The van der Waals surface area contributed by atoms with Crippen LogP contribution in [0.3, 0.4) is 0 Å². The van der Waals surface area contributed by atoms with E-state index in [0.717, 1.165) is 5.69 Å². The molecule has 5 heteroatoms. The molecule has 17 heavy (non-hydrogen) atoms. The van der Waals surface area contributed by atoms with Crippen molar-refractivity contribution in [3.63, 3.8) is 0 Å². The average molecular weight is 236 g/mol. The first kappa shape index (κ1) is 13.2. The molecule has 0 fully saturated rings. The number of aromatic nitrogens is 1. The van der Waals surface area contributed by atoms with E-state index in [1.807, 2.05) is 6.07 Å². The fraction of sp³-hybridized carbons (Fsp3) is 0.417. The van der Waals surface area contributed by atoms with Gasteiger partial charge in [0.2, 0.25) is 0 Å². The highest BCUT2D eigenvalue weighted by molar-refractivity contribution is 6.32. The Kier molecular flexibility index (Phi) is 5.13. The monoisotopic (exact) mass is 236 g/mol. The molecule has 0 aliphatic carbocycles. The van der Waals surface area contributed by atoms with Gasteiger partial charge in [-0.1, -0.05) is 6.07 Å². The number of nitrogens with zero attached hydrogens (tertiary/aromatic N) is 2. The summed E-state index contributed by atoms with van der Waals surface area (Å²) in [5, 5.41) is 0. The van der Waals surface area contributed by atoms with E-state index in [9.17, 15) is 9.59 Å². The maximum atomic E-state index is 11.7. The van der Waals surface area contributed by atoms with Crippen LogP contribution < -0.4 is 0 Å². The first-order valence-corrected chi connectivity index (χ1v) is 5.55. The SMILES string of the molecule is CCOC(=O)C(=O)N(CC)Cc1ccccn1. The van der Waals surface area contributed by atoms with Gasteiger partial charge in [-0.05, 0) is 26.0 Å². The van der Waals surface area contributed by atoms with Crippen LogP contribution in [-0.2, 0) is 20.9 Å². The lowest BCUT2D eigenvalue weighted by Gasteiger charge is -2.18. The van der Waals surface area contributed by atoms with Gasteiger partial charge in [0.15, 0.2) is 0 Å². The first-order valence-electron chi connectivity index (χ1n) is 5.55. The third-order valence-corrected chi connectivity index (χ3v) is 2.20. The van der Waals surface area contributed by atoms with Gasteiger partial charge in [0.1, 0.15) is 0 Å². The molecule has 0 unspecified atom stereocenters. The van der Waals surface area contributed by atoms with E-state index in [4.69, 9.17) is 0 Å². The molecule has 5 nitrogen and oxygen atoms in total. The topological polar surface area (TPSA) is 59.5 Å². The molecule has 0 saturated carbocycles. The molecule has 0 radical (unpaired) electrons. The first-order chi connectivity index (χ1) is 8.19. The summed E-state index contributed by atoms with van der Waals surface area (Å²) < 4.78 is 4.67. The zero-order chi connectivity index (χ0) is 12.7. The lowest BCUT2D eigenvalue weighted by Crippen LogP contribution is -2.37. The number of carbonyl (C=O) groups excluding carboxylic acids is 2. The van der Waals surface area contributed by atoms with E-state index in [-0.39, 0.29) is 6.61 Å². The van der Waals surface area contributed by atoms with Gasteiger partial charge in [-0.2, -0.15) is 0 Å². The predicted molar refractivity (Wildman–Crippen MR) is 62.0 cm³/mol. The number of rotatable bonds is 4. The smallest absolute Gasteiger partial charge is 0.397 e. The summed E-state index contributed by atoms with van der Waals surface area (Å²) >= 11 is 0. The Hall–Kier alpha value is -1.91. The molecule has 0 spiro atoms. The summed E-state index contributed by atoms with van der Waals surface area (Å²) in [6.45, 7) is 4.43. The number of carbonyl (C=O) groups is 2. The molecule has 1 aromatic heterocycles. The van der Waals surface area contributed by atoms with Gasteiger partial charge in [0.25, 0.3) is 0 Å². The molecule has 0 aliphatic heterocycles. The molecule has 1 rings (SSSR count). The largest absolute Gasteiger partial charge is 0.459 e. The van der Waals surface area contributed by atoms with Crippen LogP contribution in [-0.4, -0.2) is 34.9 Å². The van der Waals surface area contributed by atoms with Crippen molar-refractivity contribution < 1.29 is 14.3 Å². The van der Waals surface area contributed by atoms with Crippen molar-refractivity contribution in [1.82, 2.24) is 9.88 Å². The van der Waals surface area contributed by atoms with Crippen LogP contribution in [0.1, 0.15) is 19.5 Å². The molecule has 0 N–H and O–H groups in total. The molecule has 1 aromatic rings. The zero-order valence-corrected chi connectivity index (χ0v) is 10.0. The third kappa shape index (κ3) is 3.86. The molecule has 92 valence electrons. The van der Waals surface area contributed by atoms with Crippen LogP contribution in [0.15, 0.2) is 24.4 Å². The zero-order valence-electron chi connectivity index (χ0n) is 10.0. The van der Waals surface area contributed by atoms with Crippen molar-refractivity contribution in [3.05, 3.63) is 30.1 Å². The summed E-state index contributed by atoms with van der Waals surface area (Å²) in [6, 6.07) is 5.44. The highest BCUT2D eigenvalue weighted by Crippen LogP contribution is 2.02. The Labute approximate surface area is 100 Å². The molecule has 0 bridgehead atoms. The van der Waals surface area contributed by atoms with Crippen molar-refractivity contribution >= 4 is 11.9 Å². The van der Waals surface area contributed by atoms with Crippen LogP contribution in [0, 0.1) is 0 Å². The highest BCUT2D eigenvalue weighted by atomic mass is 16.5. The molecule has 0 atom stereocenters. The van der Waals surface area contributed by atoms with Gasteiger partial charge in [-0.15, -0.1) is 0 Å². The van der Waals surface area contributed by atoms with Crippen molar-refractivity contribution in [3.8, 4) is 0 Å². The molecule has 0 aliphatic rings. The number of pyridine rings is 1. The minimum Gasteiger partial charge on any atom is -0.459 e. The fourth-order valence-corrected chi connectivity index (χ4v) is 1.34. The Bertz CT molecular complexity index is 379. The van der Waals surface area contributed by atoms with E-state index >= 15 is 0 Å². The molecule has 1 heterocycles. The van der Waals surface area contributed by atoms with E-state index < -0.39 is 11.9 Å². The van der Waals surface area contributed by atoms with Crippen molar-refractivity contribution in [1.29, 1.82) is 0 Å². The predicted octanol–water partition coefficient (Wildman–Crippen LogP) is 0.993. The molecule has 0 aromatic carbocycles. The second-order valence-corrected chi connectivity index (χ2v) is 3.36. The number of likely N-dealkylation sites (N-methyl/N-ethyl adjacent to an activating group) is 1. The lowest BCUT2D eigenvalue weighted by molar-refractivity contribution is -0.160. The minimum absolute atomic E-state index is 0.200. The number of hydrogen-bond donors (Lipinski definition) is 0. The van der Waals surface area contributed by atoms with E-state index in [2.05, 4.69) is 9.72 Å². The van der Waals surface area contributed by atoms with Crippen molar-refractivity contribution in [2.45, 2.75) is 20.4 Å². The summed E-state index contributed by atoms with van der Waals surface area (Å²) in [5.74, 6) is -1.44. The van der Waals surface area contributed by atoms with Crippen LogP contribution in [0.5, 0.6) is 0 Å². The Morgan fingerprint density at radius 2 is 2.12 bits per heavy atom. The molecule has 1 amide bonds. The maximum absolute atomic E-state index is 11.7. The maximum Gasteiger partial charge on any atom is 0.397 e. The molecular weight excluding hydrogens is 220 g/mol. The van der Waals surface area contributed by atoms with Crippen LogP contribution in [0.25, 0.3) is 0 Å². The number of ether oxygens (including phenoxy) is 1. The van der Waals surface area contributed by atoms with E-state index in [1.165, 1.54) is 4.90 Å². The Morgan fingerprint density at radius 3 is 2.65 bits per heavy atom. The second kappa shape index (κ2) is 6.62. The summed E-state index contributed by atoms with van der Waals surface area (Å²) in [7, 11) is 0. The van der Waals surface area contributed by atoms with E-state index in [0.29, 0.717) is 13.1 Å². The van der Waals surface area contributed by atoms with Gasteiger partial charge in [0, 0.05) is 12.7 Å². The number of esters is 1. The number of hydrogen-bond acceptors (Lipinski definition) is 4. The molecular formula is C12H16N2O3. The second-order valence-electron chi connectivity index (χ2n) is 3.36. The van der Waals surface area contributed by atoms with E-state index in [1.54, 1.807) is 32.2 Å². The Balaban J connectivity index is 2.66. The van der Waals surface area contributed by atoms with Crippen LogP contribution >= 0.6 is 0 Å². The number of amides is 1. The Morgan fingerprint density at radius 1 is 1.35 bits per heavy atom. The quantitative estimate of drug-likeness (QED) is 0.578. The van der Waals surface area contributed by atoms with Gasteiger partial charge in [0.05, 0.1) is 18.8 Å². The van der Waals surface area contributed by atoms with Gasteiger partial charge in [-0.3, -0.25) is 9.78 Å². The van der Waals surface area contributed by atoms with Gasteiger partial charge >= 0.3 is 11.9 Å². The van der Waals surface area contributed by atoms with Gasteiger partial charge in [-0.25, -0.2) is 4.79 Å².